The molecule has 30 heavy (non-hydrogen) atoms. The zero-order valence-corrected chi connectivity index (χ0v) is 17.5. The molecule has 2 heterocycles. The lowest BCUT2D eigenvalue weighted by Crippen LogP contribution is -2.14. The molecule has 0 N–H and O–H groups in total. The minimum absolute atomic E-state index is 0.0325. The second-order valence-corrected chi connectivity index (χ2v) is 7.21. The smallest absolute Gasteiger partial charge is 0.217 e. The molecule has 158 valence electrons. The van der Waals surface area contributed by atoms with E-state index in [0.29, 0.717) is 51.4 Å². The van der Waals surface area contributed by atoms with Crippen molar-refractivity contribution in [1.82, 2.24) is 0 Å². The molecule has 2 atom stereocenters. The van der Waals surface area contributed by atoms with Crippen molar-refractivity contribution < 1.29 is 18.9 Å². The first-order valence-electron chi connectivity index (χ1n) is 10.6. The number of nitrogens with zero attached hydrogens (tertiary/aromatic N) is 2. The van der Waals surface area contributed by atoms with Crippen LogP contribution in [0.3, 0.4) is 0 Å². The number of hydrogen-bond donors (Lipinski definition) is 0. The monoisotopic (exact) mass is 408 g/mol. The van der Waals surface area contributed by atoms with E-state index in [-0.39, 0.29) is 12.1 Å². The van der Waals surface area contributed by atoms with Crippen LogP contribution in [0.2, 0.25) is 0 Å². The van der Waals surface area contributed by atoms with E-state index in [0.717, 1.165) is 22.3 Å². The van der Waals surface area contributed by atoms with Gasteiger partial charge in [-0.2, -0.15) is 0 Å². The van der Waals surface area contributed by atoms with Gasteiger partial charge in [-0.15, -0.1) is 0 Å². The van der Waals surface area contributed by atoms with E-state index >= 15 is 0 Å². The number of aliphatic imine (C=N–C) groups is 2. The van der Waals surface area contributed by atoms with E-state index < -0.39 is 0 Å². The van der Waals surface area contributed by atoms with Crippen LogP contribution in [-0.2, 0) is 18.9 Å². The first-order chi connectivity index (χ1) is 14.8. The van der Waals surface area contributed by atoms with Gasteiger partial charge in [-0.25, -0.2) is 9.98 Å². The van der Waals surface area contributed by atoms with Gasteiger partial charge in [-0.3, -0.25) is 0 Å². The largest absolute Gasteiger partial charge is 0.475 e. The number of ether oxygens (including phenoxy) is 4. The van der Waals surface area contributed by atoms with Crippen LogP contribution in [0, 0.1) is 0 Å². The summed E-state index contributed by atoms with van der Waals surface area (Å²) in [6.45, 7) is 7.56. The molecule has 0 saturated heterocycles. The van der Waals surface area contributed by atoms with E-state index in [4.69, 9.17) is 28.9 Å². The molecule has 6 heteroatoms. The highest BCUT2D eigenvalue weighted by Gasteiger charge is 2.26. The van der Waals surface area contributed by atoms with E-state index in [1.165, 1.54) is 0 Å². The van der Waals surface area contributed by atoms with Crippen molar-refractivity contribution in [2.45, 2.75) is 25.9 Å². The summed E-state index contributed by atoms with van der Waals surface area (Å²) in [5, 5.41) is 0. The highest BCUT2D eigenvalue weighted by molar-refractivity contribution is 6.07. The minimum atomic E-state index is 0.0325. The molecule has 0 amide bonds. The molecule has 2 aromatic carbocycles. The fourth-order valence-corrected chi connectivity index (χ4v) is 3.61. The van der Waals surface area contributed by atoms with Gasteiger partial charge in [0.25, 0.3) is 0 Å². The first-order valence-corrected chi connectivity index (χ1v) is 10.6. The standard InChI is InChI=1S/C24H28N2O4/c1-3-27-13-17-15-29-23(25-17)21-11-7-5-9-19(21)20-10-6-8-12-22(20)24-26-18(16-30-24)14-28-4-2/h5-12,17-18H,3-4,13-16H2,1-2H3/t17-,18-/m1/s1. The first kappa shape index (κ1) is 20.6. The Balaban J connectivity index is 1.65. The summed E-state index contributed by atoms with van der Waals surface area (Å²) in [5.41, 5.74) is 4.02. The van der Waals surface area contributed by atoms with Gasteiger partial charge in [-0.05, 0) is 37.1 Å². The second kappa shape index (κ2) is 9.87. The average Bonchev–Trinajstić information content (AvgIpc) is 3.46. The van der Waals surface area contributed by atoms with Crippen molar-refractivity contribution in [2.24, 2.45) is 9.98 Å². The second-order valence-electron chi connectivity index (χ2n) is 7.21. The van der Waals surface area contributed by atoms with Gasteiger partial charge >= 0.3 is 0 Å². The Kier molecular flexibility index (Phi) is 6.77. The molecule has 0 saturated carbocycles. The minimum Gasteiger partial charge on any atom is -0.475 e. The van der Waals surface area contributed by atoms with Crippen LogP contribution in [0.4, 0.5) is 0 Å². The zero-order valence-electron chi connectivity index (χ0n) is 17.5. The summed E-state index contributed by atoms with van der Waals surface area (Å²) >= 11 is 0. The highest BCUT2D eigenvalue weighted by atomic mass is 16.5. The molecule has 2 aliphatic rings. The number of benzene rings is 2. The maximum Gasteiger partial charge on any atom is 0.217 e. The van der Waals surface area contributed by atoms with Crippen molar-refractivity contribution in [2.75, 3.05) is 39.6 Å². The average molecular weight is 408 g/mol. The molecule has 0 unspecified atom stereocenters. The van der Waals surface area contributed by atoms with Crippen molar-refractivity contribution in [3.63, 3.8) is 0 Å². The maximum absolute atomic E-state index is 5.93. The SMILES string of the molecule is CCOC[C@@H]1COC(c2ccccc2-c2ccccc2C2=N[C@H](COCC)CO2)=N1. The predicted molar refractivity (Wildman–Crippen MR) is 117 cm³/mol. The van der Waals surface area contributed by atoms with Crippen molar-refractivity contribution >= 4 is 11.8 Å². The van der Waals surface area contributed by atoms with E-state index in [1.54, 1.807) is 0 Å². The van der Waals surface area contributed by atoms with Gasteiger partial charge in [-0.1, -0.05) is 36.4 Å². The van der Waals surface area contributed by atoms with Crippen LogP contribution in [0.25, 0.3) is 11.1 Å². The van der Waals surface area contributed by atoms with Crippen molar-refractivity contribution in [3.8, 4) is 11.1 Å². The Bertz CT molecular complexity index is 849. The normalized spacial score (nSPS) is 20.5. The topological polar surface area (TPSA) is 61.6 Å². The Morgan fingerprint density at radius 2 is 1.10 bits per heavy atom. The summed E-state index contributed by atoms with van der Waals surface area (Å²) in [6, 6.07) is 16.4. The lowest BCUT2D eigenvalue weighted by Gasteiger charge is -2.13. The Morgan fingerprint density at radius 1 is 0.700 bits per heavy atom. The molecule has 2 aliphatic heterocycles. The van der Waals surface area contributed by atoms with E-state index in [2.05, 4.69) is 12.1 Å². The van der Waals surface area contributed by atoms with E-state index in [9.17, 15) is 0 Å². The third kappa shape index (κ3) is 4.55. The maximum atomic E-state index is 5.93. The third-order valence-electron chi connectivity index (χ3n) is 5.06. The fraction of sp³-hybridized carbons (Fsp3) is 0.417. The predicted octanol–water partition coefficient (Wildman–Crippen LogP) is 3.72. The molecule has 2 aromatic rings. The summed E-state index contributed by atoms with van der Waals surface area (Å²) in [7, 11) is 0. The Hall–Kier alpha value is -2.70. The molecule has 0 radical (unpaired) electrons. The van der Waals surface area contributed by atoms with Crippen molar-refractivity contribution in [1.29, 1.82) is 0 Å². The number of rotatable bonds is 9. The molecule has 4 rings (SSSR count). The highest BCUT2D eigenvalue weighted by Crippen LogP contribution is 2.31. The van der Waals surface area contributed by atoms with Gasteiger partial charge < -0.3 is 18.9 Å². The molecule has 0 bridgehead atoms. The Morgan fingerprint density at radius 3 is 1.50 bits per heavy atom. The molecular weight excluding hydrogens is 380 g/mol. The van der Waals surface area contributed by atoms with Crippen LogP contribution in [0.15, 0.2) is 58.5 Å². The van der Waals surface area contributed by atoms with Crippen molar-refractivity contribution in [3.05, 3.63) is 59.7 Å². The summed E-state index contributed by atoms with van der Waals surface area (Å²) in [6.07, 6.45) is 0. The van der Waals surface area contributed by atoms with Gasteiger partial charge in [0, 0.05) is 24.3 Å². The van der Waals surface area contributed by atoms with Gasteiger partial charge in [0.15, 0.2) is 0 Å². The summed E-state index contributed by atoms with van der Waals surface area (Å²) in [4.78, 5) is 9.49. The lowest BCUT2D eigenvalue weighted by molar-refractivity contribution is 0.124. The van der Waals surface area contributed by atoms with Crippen LogP contribution in [0.5, 0.6) is 0 Å². The number of hydrogen-bond acceptors (Lipinski definition) is 6. The quantitative estimate of drug-likeness (QED) is 0.635. The molecular formula is C24H28N2O4. The molecule has 0 fully saturated rings. The molecule has 0 aliphatic carbocycles. The summed E-state index contributed by atoms with van der Waals surface area (Å²) in [5.74, 6) is 1.32. The molecule has 0 spiro atoms. The summed E-state index contributed by atoms with van der Waals surface area (Å²) < 4.78 is 22.9. The van der Waals surface area contributed by atoms with Gasteiger partial charge in [0.2, 0.25) is 11.8 Å². The van der Waals surface area contributed by atoms with Crippen LogP contribution in [-0.4, -0.2) is 63.5 Å². The van der Waals surface area contributed by atoms with Crippen LogP contribution >= 0.6 is 0 Å². The fourth-order valence-electron chi connectivity index (χ4n) is 3.61. The van der Waals surface area contributed by atoms with E-state index in [1.807, 2.05) is 50.2 Å². The lowest BCUT2D eigenvalue weighted by atomic mass is 9.95. The van der Waals surface area contributed by atoms with Gasteiger partial charge in [0.05, 0.1) is 13.2 Å². The Labute approximate surface area is 177 Å². The third-order valence-corrected chi connectivity index (χ3v) is 5.06. The van der Waals surface area contributed by atoms with Gasteiger partial charge in [0.1, 0.15) is 25.3 Å². The van der Waals surface area contributed by atoms with Crippen LogP contribution < -0.4 is 0 Å². The molecule has 6 nitrogen and oxygen atoms in total. The van der Waals surface area contributed by atoms with Crippen LogP contribution in [0.1, 0.15) is 25.0 Å². The zero-order chi connectivity index (χ0) is 20.8. The molecule has 0 aromatic heterocycles.